The number of aromatic nitrogens is 2. The molecule has 1 fully saturated rings. The molecule has 6 nitrogen and oxygen atoms in total. The van der Waals surface area contributed by atoms with Crippen molar-refractivity contribution in [1.82, 2.24) is 15.3 Å². The van der Waals surface area contributed by atoms with Gasteiger partial charge in [-0.3, -0.25) is 9.59 Å². The number of amides is 2. The zero-order valence-electron chi connectivity index (χ0n) is 14.3. The zero-order valence-corrected chi connectivity index (χ0v) is 14.3. The van der Waals surface area contributed by atoms with Gasteiger partial charge in [-0.05, 0) is 49.2 Å². The summed E-state index contributed by atoms with van der Waals surface area (Å²) in [6.45, 7) is 0. The quantitative estimate of drug-likeness (QED) is 0.679. The molecule has 1 saturated heterocycles. The van der Waals surface area contributed by atoms with E-state index in [2.05, 4.69) is 20.6 Å². The van der Waals surface area contributed by atoms with Crippen LogP contribution in [0, 0.1) is 0 Å². The first-order valence-corrected chi connectivity index (χ1v) is 8.84. The molecular formula is C20H20N4O2. The third kappa shape index (κ3) is 3.44. The Labute approximate surface area is 151 Å². The number of H-pyrrole nitrogens is 1. The molecular weight excluding hydrogens is 328 g/mol. The molecule has 2 aromatic carbocycles. The maximum absolute atomic E-state index is 12.4. The van der Waals surface area contributed by atoms with E-state index < -0.39 is 6.04 Å². The molecule has 2 heterocycles. The van der Waals surface area contributed by atoms with E-state index in [1.165, 1.54) is 0 Å². The van der Waals surface area contributed by atoms with Crippen LogP contribution in [0.3, 0.4) is 0 Å². The van der Waals surface area contributed by atoms with Gasteiger partial charge in [0.05, 0.1) is 11.0 Å². The maximum atomic E-state index is 12.4. The first-order valence-electron chi connectivity index (χ1n) is 8.84. The summed E-state index contributed by atoms with van der Waals surface area (Å²) in [6, 6.07) is 14.9. The lowest BCUT2D eigenvalue weighted by Crippen LogP contribution is -2.42. The fourth-order valence-electron chi connectivity index (χ4n) is 3.20. The number of fused-ring (bicyclic) bond motifs is 1. The molecule has 3 N–H and O–H groups in total. The average Bonchev–Trinajstić information content (AvgIpc) is 2.97. The SMILES string of the molecule is O=C1CCCC[C@@H](C(=O)Nc2ccc(-c3nc4ccccc4[nH]3)cc2)N1. The first kappa shape index (κ1) is 16.3. The number of carbonyl (C=O) groups excluding carboxylic acids is 2. The molecule has 1 aliphatic heterocycles. The van der Waals surface area contributed by atoms with E-state index in [1.54, 1.807) is 0 Å². The predicted octanol–water partition coefficient (Wildman–Crippen LogP) is 3.23. The van der Waals surface area contributed by atoms with Gasteiger partial charge in [-0.25, -0.2) is 4.98 Å². The summed E-state index contributed by atoms with van der Waals surface area (Å²) in [5.41, 5.74) is 3.56. The van der Waals surface area contributed by atoms with Crippen LogP contribution in [0.15, 0.2) is 48.5 Å². The van der Waals surface area contributed by atoms with Crippen molar-refractivity contribution in [3.8, 4) is 11.4 Å². The molecule has 26 heavy (non-hydrogen) atoms. The molecule has 1 aliphatic rings. The largest absolute Gasteiger partial charge is 0.344 e. The number of benzene rings is 2. The van der Waals surface area contributed by atoms with E-state index in [1.807, 2.05) is 48.5 Å². The Bertz CT molecular complexity index is 913. The molecule has 132 valence electrons. The van der Waals surface area contributed by atoms with E-state index in [9.17, 15) is 9.59 Å². The lowest BCUT2D eigenvalue weighted by atomic mass is 10.1. The van der Waals surface area contributed by atoms with Gasteiger partial charge >= 0.3 is 0 Å². The Morgan fingerprint density at radius 3 is 2.69 bits per heavy atom. The van der Waals surface area contributed by atoms with Crippen molar-refractivity contribution in [2.45, 2.75) is 31.7 Å². The maximum Gasteiger partial charge on any atom is 0.246 e. The molecule has 2 amide bonds. The molecule has 3 aromatic rings. The van der Waals surface area contributed by atoms with Crippen LogP contribution in [0.4, 0.5) is 5.69 Å². The molecule has 1 aromatic heterocycles. The van der Waals surface area contributed by atoms with E-state index in [4.69, 9.17) is 0 Å². The van der Waals surface area contributed by atoms with E-state index >= 15 is 0 Å². The summed E-state index contributed by atoms with van der Waals surface area (Å²) < 4.78 is 0. The standard InChI is InChI=1S/C20H20N4O2/c25-18-8-4-3-7-17(22-18)20(26)21-14-11-9-13(10-12-14)19-23-15-5-1-2-6-16(15)24-19/h1-2,5-6,9-12,17H,3-4,7-8H2,(H,21,26)(H,22,25)(H,23,24)/t17-/m0/s1. The van der Waals surface area contributed by atoms with Crippen molar-refractivity contribution < 1.29 is 9.59 Å². The fourth-order valence-corrected chi connectivity index (χ4v) is 3.20. The second kappa shape index (κ2) is 7.00. The summed E-state index contributed by atoms with van der Waals surface area (Å²) in [7, 11) is 0. The van der Waals surface area contributed by atoms with Crippen LogP contribution in [0.2, 0.25) is 0 Å². The van der Waals surface area contributed by atoms with Crippen molar-refractivity contribution in [2.75, 3.05) is 5.32 Å². The molecule has 1 atom stereocenters. The van der Waals surface area contributed by atoms with Gasteiger partial charge in [0.1, 0.15) is 11.9 Å². The summed E-state index contributed by atoms with van der Waals surface area (Å²) in [6.07, 6.45) is 2.88. The highest BCUT2D eigenvalue weighted by Gasteiger charge is 2.23. The highest BCUT2D eigenvalue weighted by atomic mass is 16.2. The number of hydrogen-bond donors (Lipinski definition) is 3. The Morgan fingerprint density at radius 2 is 1.88 bits per heavy atom. The van der Waals surface area contributed by atoms with Crippen LogP contribution in [-0.4, -0.2) is 27.8 Å². The summed E-state index contributed by atoms with van der Waals surface area (Å²) in [5.74, 6) is 0.569. The van der Waals surface area contributed by atoms with Gasteiger partial charge in [0.25, 0.3) is 0 Å². The second-order valence-corrected chi connectivity index (χ2v) is 6.54. The smallest absolute Gasteiger partial charge is 0.246 e. The number of para-hydroxylation sites is 2. The van der Waals surface area contributed by atoms with Gasteiger partial charge in [0, 0.05) is 17.7 Å². The highest BCUT2D eigenvalue weighted by molar-refractivity contribution is 5.97. The van der Waals surface area contributed by atoms with Crippen LogP contribution >= 0.6 is 0 Å². The second-order valence-electron chi connectivity index (χ2n) is 6.54. The number of nitrogens with zero attached hydrogens (tertiary/aromatic N) is 1. The molecule has 0 saturated carbocycles. The number of anilines is 1. The van der Waals surface area contributed by atoms with Crippen LogP contribution in [0.1, 0.15) is 25.7 Å². The van der Waals surface area contributed by atoms with Crippen LogP contribution in [0.5, 0.6) is 0 Å². The number of imidazole rings is 1. The van der Waals surface area contributed by atoms with Gasteiger partial charge < -0.3 is 15.6 Å². The average molecular weight is 348 g/mol. The molecule has 4 rings (SSSR count). The van der Waals surface area contributed by atoms with Gasteiger partial charge in [0.15, 0.2) is 0 Å². The Hall–Kier alpha value is -3.15. The van der Waals surface area contributed by atoms with Gasteiger partial charge in [-0.1, -0.05) is 18.6 Å². The van der Waals surface area contributed by atoms with Gasteiger partial charge in [-0.2, -0.15) is 0 Å². The van der Waals surface area contributed by atoms with E-state index in [0.29, 0.717) is 18.5 Å². The predicted molar refractivity (Wildman–Crippen MR) is 101 cm³/mol. The molecule has 0 bridgehead atoms. The number of nitrogens with one attached hydrogen (secondary N) is 3. The lowest BCUT2D eigenvalue weighted by molar-refractivity contribution is -0.125. The van der Waals surface area contributed by atoms with Crippen molar-refractivity contribution in [2.24, 2.45) is 0 Å². The monoisotopic (exact) mass is 348 g/mol. The number of aromatic amines is 1. The summed E-state index contributed by atoms with van der Waals surface area (Å²) in [4.78, 5) is 31.9. The van der Waals surface area contributed by atoms with Crippen molar-refractivity contribution in [3.05, 3.63) is 48.5 Å². The molecule has 0 radical (unpaired) electrons. The number of carbonyl (C=O) groups is 2. The summed E-state index contributed by atoms with van der Waals surface area (Å²) in [5, 5.41) is 5.67. The fraction of sp³-hybridized carbons (Fsp3) is 0.250. The van der Waals surface area contributed by atoms with Crippen molar-refractivity contribution >= 4 is 28.5 Å². The van der Waals surface area contributed by atoms with Gasteiger partial charge in [0.2, 0.25) is 11.8 Å². The zero-order chi connectivity index (χ0) is 17.9. The topological polar surface area (TPSA) is 86.9 Å². The van der Waals surface area contributed by atoms with Crippen molar-refractivity contribution in [1.29, 1.82) is 0 Å². The summed E-state index contributed by atoms with van der Waals surface area (Å²) >= 11 is 0. The van der Waals surface area contributed by atoms with Gasteiger partial charge in [-0.15, -0.1) is 0 Å². The Balaban J connectivity index is 1.47. The van der Waals surface area contributed by atoms with Crippen LogP contribution in [-0.2, 0) is 9.59 Å². The normalized spacial score (nSPS) is 17.5. The first-order chi connectivity index (χ1) is 12.7. The van der Waals surface area contributed by atoms with Crippen LogP contribution in [0.25, 0.3) is 22.4 Å². The minimum Gasteiger partial charge on any atom is -0.344 e. The Morgan fingerprint density at radius 1 is 1.08 bits per heavy atom. The van der Waals surface area contributed by atoms with E-state index in [-0.39, 0.29) is 11.8 Å². The number of rotatable bonds is 3. The Kier molecular flexibility index (Phi) is 4.39. The molecule has 0 unspecified atom stereocenters. The third-order valence-electron chi connectivity index (χ3n) is 4.61. The third-order valence-corrected chi connectivity index (χ3v) is 4.61. The lowest BCUT2D eigenvalue weighted by Gasteiger charge is -2.15. The van der Waals surface area contributed by atoms with Crippen molar-refractivity contribution in [3.63, 3.8) is 0 Å². The number of hydrogen-bond acceptors (Lipinski definition) is 3. The molecule has 0 spiro atoms. The minimum atomic E-state index is -0.458. The van der Waals surface area contributed by atoms with E-state index in [0.717, 1.165) is 35.3 Å². The highest BCUT2D eigenvalue weighted by Crippen LogP contribution is 2.22. The minimum absolute atomic E-state index is 0.0529. The molecule has 0 aliphatic carbocycles. The van der Waals surface area contributed by atoms with Crippen LogP contribution < -0.4 is 10.6 Å². The molecule has 6 heteroatoms.